The van der Waals surface area contributed by atoms with E-state index >= 15 is 0 Å². The lowest BCUT2D eigenvalue weighted by Gasteiger charge is -2.14. The minimum absolute atomic E-state index is 0.126. The Labute approximate surface area is 124 Å². The minimum Gasteiger partial charge on any atom is -0.324 e. The van der Waals surface area contributed by atoms with Crippen molar-refractivity contribution in [3.05, 3.63) is 70.4 Å². The van der Waals surface area contributed by atoms with Crippen LogP contribution in [-0.4, -0.2) is 0 Å². The molecule has 3 rings (SSSR count). The predicted octanol–water partition coefficient (Wildman–Crippen LogP) is 4.92. The fourth-order valence-electron chi connectivity index (χ4n) is 2.68. The van der Waals surface area contributed by atoms with Crippen molar-refractivity contribution in [1.82, 2.24) is 0 Å². The second-order valence-electron chi connectivity index (χ2n) is 5.15. The van der Waals surface area contributed by atoms with Gasteiger partial charge in [0, 0.05) is 10.9 Å². The molecule has 0 aliphatic rings. The lowest BCUT2D eigenvalue weighted by molar-refractivity contribution is 0.617. The molecule has 2 N–H and O–H groups in total. The van der Waals surface area contributed by atoms with Crippen molar-refractivity contribution in [3.63, 3.8) is 0 Å². The highest BCUT2D eigenvalue weighted by molar-refractivity contribution is 7.09. The Kier molecular flexibility index (Phi) is 4.14. The maximum atomic E-state index is 6.40. The Hall–Kier alpha value is -1.64. The summed E-state index contributed by atoms with van der Waals surface area (Å²) in [7, 11) is 0. The molecule has 1 atom stereocenters. The molecule has 2 aromatic carbocycles. The summed E-state index contributed by atoms with van der Waals surface area (Å²) in [5.74, 6) is 0. The van der Waals surface area contributed by atoms with Gasteiger partial charge in [0.1, 0.15) is 0 Å². The molecule has 0 aliphatic carbocycles. The summed E-state index contributed by atoms with van der Waals surface area (Å²) in [5, 5.41) is 4.71. The van der Waals surface area contributed by atoms with E-state index < -0.39 is 0 Å². The first-order valence-corrected chi connectivity index (χ1v) is 7.98. The Balaban J connectivity index is 1.70. The van der Waals surface area contributed by atoms with Crippen LogP contribution in [0.15, 0.2) is 60.0 Å². The molecule has 1 unspecified atom stereocenters. The number of rotatable bonds is 5. The molecule has 2 heteroatoms. The molecular weight excluding hydrogens is 262 g/mol. The third kappa shape index (κ3) is 2.92. The number of thiophene rings is 1. The number of aryl methyl sites for hydroxylation is 1. The summed E-state index contributed by atoms with van der Waals surface area (Å²) in [6.45, 7) is 0. The van der Waals surface area contributed by atoms with Crippen molar-refractivity contribution in [2.75, 3.05) is 0 Å². The second kappa shape index (κ2) is 6.21. The predicted molar refractivity (Wildman–Crippen MR) is 88.1 cm³/mol. The van der Waals surface area contributed by atoms with E-state index in [9.17, 15) is 0 Å². The van der Waals surface area contributed by atoms with E-state index in [0.717, 1.165) is 19.3 Å². The van der Waals surface area contributed by atoms with Crippen LogP contribution in [-0.2, 0) is 6.42 Å². The molecule has 20 heavy (non-hydrogen) atoms. The maximum Gasteiger partial charge on any atom is 0.0301 e. The lowest BCUT2D eigenvalue weighted by Crippen LogP contribution is -2.10. The summed E-state index contributed by atoms with van der Waals surface area (Å²) >= 11 is 1.83. The zero-order valence-corrected chi connectivity index (χ0v) is 12.3. The van der Waals surface area contributed by atoms with E-state index in [-0.39, 0.29) is 6.04 Å². The molecule has 0 saturated carbocycles. The van der Waals surface area contributed by atoms with Gasteiger partial charge in [-0.2, -0.15) is 0 Å². The third-order valence-electron chi connectivity index (χ3n) is 3.74. The standard InChI is InChI=1S/C18H19NS/c19-18(12-4-8-15-9-5-13-20-15)17-11-3-7-14-6-1-2-10-16(14)17/h1-3,5-7,9-11,13,18H,4,8,12,19H2. The molecule has 1 aromatic heterocycles. The topological polar surface area (TPSA) is 26.0 Å². The van der Waals surface area contributed by atoms with Gasteiger partial charge in [-0.3, -0.25) is 0 Å². The van der Waals surface area contributed by atoms with Crippen LogP contribution in [0.5, 0.6) is 0 Å². The van der Waals surface area contributed by atoms with Gasteiger partial charge in [-0.1, -0.05) is 48.5 Å². The maximum absolute atomic E-state index is 6.40. The number of benzene rings is 2. The lowest BCUT2D eigenvalue weighted by atomic mass is 9.96. The van der Waals surface area contributed by atoms with Crippen LogP contribution in [0.4, 0.5) is 0 Å². The molecule has 0 bridgehead atoms. The fourth-order valence-corrected chi connectivity index (χ4v) is 3.43. The smallest absolute Gasteiger partial charge is 0.0301 e. The Morgan fingerprint density at radius 3 is 2.65 bits per heavy atom. The van der Waals surface area contributed by atoms with E-state index in [4.69, 9.17) is 5.73 Å². The molecule has 1 nitrogen and oxygen atoms in total. The Morgan fingerprint density at radius 2 is 1.80 bits per heavy atom. The first-order valence-electron chi connectivity index (χ1n) is 7.10. The molecule has 3 aromatic rings. The normalized spacial score (nSPS) is 12.7. The van der Waals surface area contributed by atoms with Crippen LogP contribution in [0.1, 0.15) is 29.3 Å². The summed E-state index contributed by atoms with van der Waals surface area (Å²) < 4.78 is 0. The van der Waals surface area contributed by atoms with Crippen molar-refractivity contribution in [1.29, 1.82) is 0 Å². The van der Waals surface area contributed by atoms with Crippen LogP contribution in [0.3, 0.4) is 0 Å². The molecule has 0 spiro atoms. The average Bonchev–Trinajstić information content (AvgIpc) is 3.00. The molecule has 0 radical (unpaired) electrons. The zero-order valence-electron chi connectivity index (χ0n) is 11.5. The molecular formula is C18H19NS. The monoisotopic (exact) mass is 281 g/mol. The Morgan fingerprint density at radius 1 is 0.950 bits per heavy atom. The first-order chi connectivity index (χ1) is 9.84. The number of nitrogens with two attached hydrogens (primary N) is 1. The van der Waals surface area contributed by atoms with E-state index in [1.165, 1.54) is 21.2 Å². The molecule has 0 aliphatic heterocycles. The number of hydrogen-bond acceptors (Lipinski definition) is 2. The van der Waals surface area contributed by atoms with Crippen molar-refractivity contribution < 1.29 is 0 Å². The number of fused-ring (bicyclic) bond motifs is 1. The van der Waals surface area contributed by atoms with E-state index in [2.05, 4.69) is 60.0 Å². The van der Waals surface area contributed by atoms with Gasteiger partial charge in [-0.25, -0.2) is 0 Å². The minimum atomic E-state index is 0.126. The molecule has 0 amide bonds. The van der Waals surface area contributed by atoms with Crippen LogP contribution in [0, 0.1) is 0 Å². The number of hydrogen-bond donors (Lipinski definition) is 1. The van der Waals surface area contributed by atoms with Crippen LogP contribution in [0.25, 0.3) is 10.8 Å². The SMILES string of the molecule is NC(CCCc1cccs1)c1cccc2ccccc12. The van der Waals surface area contributed by atoms with Gasteiger partial charge in [0.15, 0.2) is 0 Å². The van der Waals surface area contributed by atoms with E-state index in [0.29, 0.717) is 0 Å². The summed E-state index contributed by atoms with van der Waals surface area (Å²) in [4.78, 5) is 1.45. The van der Waals surface area contributed by atoms with Crippen LogP contribution >= 0.6 is 11.3 Å². The van der Waals surface area contributed by atoms with Gasteiger partial charge in [0.2, 0.25) is 0 Å². The van der Waals surface area contributed by atoms with Crippen molar-refractivity contribution in [2.45, 2.75) is 25.3 Å². The van der Waals surface area contributed by atoms with Crippen molar-refractivity contribution >= 4 is 22.1 Å². The van der Waals surface area contributed by atoms with Gasteiger partial charge in [0.05, 0.1) is 0 Å². The fraction of sp³-hybridized carbons (Fsp3) is 0.222. The van der Waals surface area contributed by atoms with Gasteiger partial charge >= 0.3 is 0 Å². The summed E-state index contributed by atoms with van der Waals surface area (Å²) in [6.07, 6.45) is 3.31. The second-order valence-corrected chi connectivity index (χ2v) is 6.18. The highest BCUT2D eigenvalue weighted by Crippen LogP contribution is 2.26. The van der Waals surface area contributed by atoms with Crippen molar-refractivity contribution in [2.24, 2.45) is 5.73 Å². The summed E-state index contributed by atoms with van der Waals surface area (Å²) in [5.41, 5.74) is 7.68. The van der Waals surface area contributed by atoms with Gasteiger partial charge in [0.25, 0.3) is 0 Å². The van der Waals surface area contributed by atoms with Gasteiger partial charge in [-0.05, 0) is 47.0 Å². The van der Waals surface area contributed by atoms with Gasteiger partial charge < -0.3 is 5.73 Å². The molecule has 0 fully saturated rings. The summed E-state index contributed by atoms with van der Waals surface area (Å²) in [6, 6.07) is 19.4. The van der Waals surface area contributed by atoms with E-state index in [1.807, 2.05) is 11.3 Å². The van der Waals surface area contributed by atoms with Gasteiger partial charge in [-0.15, -0.1) is 11.3 Å². The largest absolute Gasteiger partial charge is 0.324 e. The quantitative estimate of drug-likeness (QED) is 0.705. The molecule has 1 heterocycles. The molecule has 0 saturated heterocycles. The first kappa shape index (κ1) is 13.3. The van der Waals surface area contributed by atoms with Crippen molar-refractivity contribution in [3.8, 4) is 0 Å². The van der Waals surface area contributed by atoms with Crippen LogP contribution in [0.2, 0.25) is 0 Å². The van der Waals surface area contributed by atoms with E-state index in [1.54, 1.807) is 0 Å². The van der Waals surface area contributed by atoms with Crippen LogP contribution < -0.4 is 5.73 Å². The Bertz CT molecular complexity index is 667. The highest BCUT2D eigenvalue weighted by atomic mass is 32.1. The molecule has 102 valence electrons. The third-order valence-corrected chi connectivity index (χ3v) is 4.68. The zero-order chi connectivity index (χ0) is 13.8. The average molecular weight is 281 g/mol. The highest BCUT2D eigenvalue weighted by Gasteiger charge is 2.09.